The Morgan fingerprint density at radius 2 is 2.00 bits per heavy atom. The Labute approximate surface area is 200 Å². The van der Waals surface area contributed by atoms with E-state index in [0.717, 1.165) is 18.5 Å². The van der Waals surface area contributed by atoms with Gasteiger partial charge in [-0.2, -0.15) is 0 Å². The van der Waals surface area contributed by atoms with Crippen LogP contribution in [0.1, 0.15) is 44.2 Å². The van der Waals surface area contributed by atoms with E-state index in [0.29, 0.717) is 38.8 Å². The Hall–Kier alpha value is -2.90. The van der Waals surface area contributed by atoms with Crippen LogP contribution in [-0.4, -0.2) is 22.4 Å². The summed E-state index contributed by atoms with van der Waals surface area (Å²) in [5.74, 6) is 1.14. The Kier molecular flexibility index (Phi) is 5.85. The van der Waals surface area contributed by atoms with Gasteiger partial charge in [-0.3, -0.25) is 9.59 Å². The summed E-state index contributed by atoms with van der Waals surface area (Å²) < 4.78 is 0. The van der Waals surface area contributed by atoms with Crippen LogP contribution in [0.15, 0.2) is 52.2 Å². The number of H-pyrrole nitrogens is 1. The molecule has 5 nitrogen and oxygen atoms in total. The van der Waals surface area contributed by atoms with E-state index < -0.39 is 0 Å². The molecule has 0 unspecified atom stereocenters. The lowest BCUT2D eigenvalue weighted by atomic mass is 10.0. The van der Waals surface area contributed by atoms with Crippen LogP contribution in [0.5, 0.6) is 0 Å². The second-order valence-corrected chi connectivity index (χ2v) is 10.5. The van der Waals surface area contributed by atoms with Crippen LogP contribution < -0.4 is 10.5 Å². The normalized spacial score (nSPS) is 13.4. The third kappa shape index (κ3) is 4.11. The molecule has 1 aliphatic rings. The monoisotopic (exact) mass is 475 g/mol. The molecule has 5 rings (SSSR count). The van der Waals surface area contributed by atoms with Crippen molar-refractivity contribution >= 4 is 44.9 Å². The minimum Gasteiger partial charge on any atom is -0.309 e. The number of fused-ring (bicyclic) bond motifs is 2. The van der Waals surface area contributed by atoms with Gasteiger partial charge in [0, 0.05) is 17.1 Å². The number of nitrogens with one attached hydrogen (secondary N) is 1. The van der Waals surface area contributed by atoms with Gasteiger partial charge in [-0.05, 0) is 62.4 Å². The first-order valence-corrected chi connectivity index (χ1v) is 12.8. The molecule has 1 N–H and O–H groups in total. The number of carbonyl (C=O) groups is 1. The Balaban J connectivity index is 1.47. The van der Waals surface area contributed by atoms with Crippen molar-refractivity contribution in [3.05, 3.63) is 85.8 Å². The Morgan fingerprint density at radius 3 is 2.85 bits per heavy atom. The molecular weight excluding hydrogens is 450 g/mol. The van der Waals surface area contributed by atoms with Gasteiger partial charge >= 0.3 is 0 Å². The summed E-state index contributed by atoms with van der Waals surface area (Å²) in [5, 5.41) is 0.522. The van der Waals surface area contributed by atoms with Crippen molar-refractivity contribution in [1.29, 1.82) is 0 Å². The molecule has 0 saturated carbocycles. The van der Waals surface area contributed by atoms with E-state index in [1.165, 1.54) is 32.9 Å². The topological polar surface area (TPSA) is 66.1 Å². The van der Waals surface area contributed by atoms with E-state index in [1.54, 1.807) is 11.8 Å². The molecule has 1 aliphatic heterocycles. The number of thiophene rings is 1. The number of nitrogens with zero attached hydrogens (tertiary/aromatic N) is 2. The Bertz CT molecular complexity index is 1440. The van der Waals surface area contributed by atoms with Crippen molar-refractivity contribution in [3.63, 3.8) is 0 Å². The number of aryl methyl sites for hydroxylation is 4. The second kappa shape index (κ2) is 8.80. The van der Waals surface area contributed by atoms with Crippen LogP contribution >= 0.6 is 23.1 Å². The molecule has 2 aromatic heterocycles. The summed E-state index contributed by atoms with van der Waals surface area (Å²) in [6.07, 6.45) is 1.92. The molecule has 1 amide bonds. The van der Waals surface area contributed by atoms with E-state index in [-0.39, 0.29) is 11.5 Å². The largest absolute Gasteiger partial charge is 0.309 e. The summed E-state index contributed by atoms with van der Waals surface area (Å²) in [6.45, 7) is 6.69. The summed E-state index contributed by atoms with van der Waals surface area (Å²) in [7, 11) is 0. The summed E-state index contributed by atoms with van der Waals surface area (Å²) >= 11 is 2.99. The summed E-state index contributed by atoms with van der Waals surface area (Å²) in [5.41, 5.74) is 5.11. The van der Waals surface area contributed by atoms with Crippen LogP contribution in [0.4, 0.5) is 5.69 Å². The van der Waals surface area contributed by atoms with Crippen LogP contribution in [0.2, 0.25) is 0 Å². The highest BCUT2D eigenvalue weighted by atomic mass is 32.2. The van der Waals surface area contributed by atoms with Gasteiger partial charge in [0.25, 0.3) is 11.5 Å². The second-order valence-electron chi connectivity index (χ2n) is 8.50. The zero-order valence-corrected chi connectivity index (χ0v) is 20.5. The highest BCUT2D eigenvalue weighted by molar-refractivity contribution is 7.98. The van der Waals surface area contributed by atoms with Crippen LogP contribution in [0.3, 0.4) is 0 Å². The molecule has 168 valence electrons. The highest BCUT2D eigenvalue weighted by Crippen LogP contribution is 2.33. The average Bonchev–Trinajstić information content (AvgIpc) is 3.15. The van der Waals surface area contributed by atoms with Crippen LogP contribution in [0, 0.1) is 20.8 Å². The highest BCUT2D eigenvalue weighted by Gasteiger charge is 2.27. The minimum atomic E-state index is -0.177. The van der Waals surface area contributed by atoms with Crippen molar-refractivity contribution < 1.29 is 4.79 Å². The molecule has 0 atom stereocenters. The van der Waals surface area contributed by atoms with Crippen molar-refractivity contribution in [2.45, 2.75) is 44.3 Å². The molecule has 3 heterocycles. The molecule has 0 bridgehead atoms. The van der Waals surface area contributed by atoms with Gasteiger partial charge < -0.3 is 9.88 Å². The molecule has 0 spiro atoms. The lowest BCUT2D eigenvalue weighted by molar-refractivity contribution is 0.0988. The van der Waals surface area contributed by atoms with E-state index in [2.05, 4.69) is 43.1 Å². The van der Waals surface area contributed by atoms with Gasteiger partial charge in [-0.25, -0.2) is 4.98 Å². The van der Waals surface area contributed by atoms with Crippen molar-refractivity contribution in [2.75, 3.05) is 11.4 Å². The quantitative estimate of drug-likeness (QED) is 0.379. The third-order valence-electron chi connectivity index (χ3n) is 6.11. The van der Waals surface area contributed by atoms with Crippen molar-refractivity contribution in [3.8, 4) is 0 Å². The van der Waals surface area contributed by atoms with Crippen molar-refractivity contribution in [2.24, 2.45) is 0 Å². The molecule has 0 saturated heterocycles. The zero-order chi connectivity index (χ0) is 23.1. The Morgan fingerprint density at radius 1 is 1.18 bits per heavy atom. The fraction of sp³-hybridized carbons (Fsp3) is 0.269. The van der Waals surface area contributed by atoms with Gasteiger partial charge in [-0.15, -0.1) is 23.1 Å². The smallest absolute Gasteiger partial charge is 0.268 e. The first-order chi connectivity index (χ1) is 15.9. The maximum atomic E-state index is 13.5. The van der Waals surface area contributed by atoms with E-state index in [1.807, 2.05) is 30.0 Å². The number of aromatic amines is 1. The maximum Gasteiger partial charge on any atom is 0.268 e. The SMILES string of the molecule is Cc1ccc(C)c(SCc2nc3sc(C(=O)N4CCCc5ccccc54)c(C)c3c(=O)[nH]2)c1. The number of hydrogen-bond acceptors (Lipinski definition) is 5. The fourth-order valence-electron chi connectivity index (χ4n) is 4.34. The minimum absolute atomic E-state index is 0.0478. The molecular formula is C26H25N3O2S2. The van der Waals surface area contributed by atoms with Gasteiger partial charge in [0.1, 0.15) is 10.7 Å². The van der Waals surface area contributed by atoms with Crippen molar-refractivity contribution in [1.82, 2.24) is 9.97 Å². The van der Waals surface area contributed by atoms with Gasteiger partial charge in [0.15, 0.2) is 0 Å². The average molecular weight is 476 g/mol. The van der Waals surface area contributed by atoms with E-state index >= 15 is 0 Å². The van der Waals surface area contributed by atoms with E-state index in [4.69, 9.17) is 4.98 Å². The molecule has 0 aliphatic carbocycles. The summed E-state index contributed by atoms with van der Waals surface area (Å²) in [4.78, 5) is 38.4. The van der Waals surface area contributed by atoms with Gasteiger partial charge in [0.2, 0.25) is 0 Å². The first-order valence-electron chi connectivity index (χ1n) is 11.0. The number of thioether (sulfide) groups is 1. The predicted octanol–water partition coefficient (Wildman–Crippen LogP) is 5.80. The molecule has 4 aromatic rings. The lowest BCUT2D eigenvalue weighted by Gasteiger charge is -2.29. The van der Waals surface area contributed by atoms with Gasteiger partial charge in [-0.1, -0.05) is 35.9 Å². The third-order valence-corrected chi connectivity index (χ3v) is 8.45. The zero-order valence-electron chi connectivity index (χ0n) is 18.9. The predicted molar refractivity (Wildman–Crippen MR) is 137 cm³/mol. The number of anilines is 1. The molecule has 7 heteroatoms. The standard InChI is InChI=1S/C26H25N3O2S2/c1-15-10-11-16(2)20(13-15)32-14-21-27-24(30)22-17(3)23(33-25(22)28-21)26(31)29-12-6-8-18-7-4-5-9-19(18)29/h4-5,7,9-11,13H,6,8,12,14H2,1-3H3,(H,27,28,30). The lowest BCUT2D eigenvalue weighted by Crippen LogP contribution is -2.35. The van der Waals surface area contributed by atoms with Gasteiger partial charge in [0.05, 0.1) is 16.0 Å². The molecule has 0 fully saturated rings. The summed E-state index contributed by atoms with van der Waals surface area (Å²) in [6, 6.07) is 14.4. The molecule has 0 radical (unpaired) electrons. The maximum absolute atomic E-state index is 13.5. The fourth-order valence-corrected chi connectivity index (χ4v) is 6.48. The number of para-hydroxylation sites is 1. The number of amides is 1. The number of aromatic nitrogens is 2. The number of rotatable bonds is 4. The first kappa shape index (κ1) is 21.9. The van der Waals surface area contributed by atoms with Crippen LogP contribution in [-0.2, 0) is 12.2 Å². The number of hydrogen-bond donors (Lipinski definition) is 1. The number of carbonyl (C=O) groups excluding carboxylic acids is 1. The van der Waals surface area contributed by atoms with E-state index in [9.17, 15) is 9.59 Å². The van der Waals surface area contributed by atoms with Crippen LogP contribution in [0.25, 0.3) is 10.2 Å². The molecule has 33 heavy (non-hydrogen) atoms. The number of benzene rings is 2. The molecule has 2 aromatic carbocycles.